The molecule has 0 aliphatic heterocycles. The van der Waals surface area contributed by atoms with Gasteiger partial charge in [0.15, 0.2) is 0 Å². The molecule has 2 aliphatic carbocycles. The zero-order valence-electron chi connectivity index (χ0n) is 42.6. The summed E-state index contributed by atoms with van der Waals surface area (Å²) in [4.78, 5) is 13.1. The van der Waals surface area contributed by atoms with Crippen LogP contribution >= 0.6 is 0 Å². The van der Waals surface area contributed by atoms with Gasteiger partial charge in [-0.2, -0.15) is 0 Å². The SMILES string of the molecule is [2H]C([2H])([2H])c1c[c-]c(-c2ccc(C([2H])([2H])[2H])cn2)cc1.[2H]C([2H])([2H])c1ccc2c(n1)oc1c(-c3cc(C4([2H])C(C)(C)CC5(CC(C)(C)CC(C)(C)C5)CC4(C)C)ccn3)[c-]ccc12.[Ir]. The van der Waals surface area contributed by atoms with Gasteiger partial charge in [0.25, 0.3) is 0 Å². The molecule has 2 saturated carbocycles. The monoisotopic (exact) mass is 906 g/mol. The van der Waals surface area contributed by atoms with Crippen LogP contribution in [0.15, 0.2) is 83.5 Å². The van der Waals surface area contributed by atoms with Gasteiger partial charge in [0.05, 0.1) is 5.58 Å². The molecular weight excluding hydrogens is 839 g/mol. The standard InChI is InChI=1S/C36H45N2O.C13H12N.Ir/c1-23-13-14-26-25-11-10-12-27(29(25)39-31(26)38-23)28-17-24(15-16-37-28)30-34(6,7)21-36(22-35(30,8)9)19-32(2,3)18-33(4,5)20-36;1-10-3-6-12(7-4-10)13-8-5-11(2)9-14-13;/h10-11,13-17,30H,18-22H2,1-9H3;3-6,8-9H,1-2H3;/q2*-1;/i1D3,30D;1D3,2D3;. The van der Waals surface area contributed by atoms with Crippen LogP contribution in [-0.2, 0) is 20.1 Å². The Kier molecular flexibility index (Phi) is 7.68. The Morgan fingerprint density at radius 2 is 1.44 bits per heavy atom. The number of hydrogen-bond donors (Lipinski definition) is 0. The Morgan fingerprint density at radius 1 is 0.722 bits per heavy atom. The second kappa shape index (κ2) is 14.4. The molecule has 2 aliphatic rings. The number of aryl methyl sites for hydroxylation is 3. The Labute approximate surface area is 351 Å². The fourth-order valence-corrected chi connectivity index (χ4v) is 11.2. The van der Waals surface area contributed by atoms with Crippen LogP contribution in [-0.4, -0.2) is 15.0 Å². The molecule has 2 fully saturated rings. The molecule has 6 aromatic rings. The molecule has 54 heavy (non-hydrogen) atoms. The number of nitrogens with zero attached hydrogens (tertiary/aromatic N) is 3. The van der Waals surface area contributed by atoms with E-state index in [9.17, 15) is 1.37 Å². The third-order valence-electron chi connectivity index (χ3n) is 11.1. The van der Waals surface area contributed by atoms with E-state index in [1.165, 1.54) is 49.7 Å². The van der Waals surface area contributed by atoms with Crippen LogP contribution in [0.4, 0.5) is 0 Å². The van der Waals surface area contributed by atoms with Crippen molar-refractivity contribution < 1.29 is 38.2 Å². The average molecular weight is 906 g/mol. The van der Waals surface area contributed by atoms with E-state index in [1.54, 1.807) is 18.2 Å². The van der Waals surface area contributed by atoms with Gasteiger partial charge < -0.3 is 14.4 Å². The van der Waals surface area contributed by atoms with Gasteiger partial charge in [-0.1, -0.05) is 91.4 Å². The minimum atomic E-state index is -2.32. The second-order valence-electron chi connectivity index (χ2n) is 18.5. The molecule has 2 aromatic carbocycles. The van der Waals surface area contributed by atoms with Gasteiger partial charge in [0, 0.05) is 57.3 Å². The van der Waals surface area contributed by atoms with Gasteiger partial charge in [-0.15, -0.1) is 53.6 Å². The first-order chi connectivity index (χ1) is 28.9. The number of benzene rings is 2. The van der Waals surface area contributed by atoms with Crippen LogP contribution in [0.25, 0.3) is 44.6 Å². The number of fused-ring (bicyclic) bond motifs is 3. The maximum Gasteiger partial charge on any atom is 0.216 e. The third-order valence-corrected chi connectivity index (χ3v) is 11.1. The average Bonchev–Trinajstić information content (AvgIpc) is 3.53. The van der Waals surface area contributed by atoms with Crippen molar-refractivity contribution in [3.63, 3.8) is 0 Å². The predicted molar refractivity (Wildman–Crippen MR) is 220 cm³/mol. The molecule has 1 radical (unpaired) electrons. The molecule has 0 N–H and O–H groups in total. The van der Waals surface area contributed by atoms with Gasteiger partial charge in [0.2, 0.25) is 5.71 Å². The minimum Gasteiger partial charge on any atom is -0.486 e. The van der Waals surface area contributed by atoms with Crippen LogP contribution < -0.4 is 0 Å². The first-order valence-corrected chi connectivity index (χ1v) is 18.6. The summed E-state index contributed by atoms with van der Waals surface area (Å²) < 4.78 is 83.5. The normalized spacial score (nSPS) is 25.3. The molecule has 5 heteroatoms. The molecule has 0 atom stereocenters. The minimum absolute atomic E-state index is 0. The summed E-state index contributed by atoms with van der Waals surface area (Å²) in [5.41, 5.74) is 4.93. The van der Waals surface area contributed by atoms with E-state index < -0.39 is 26.4 Å². The smallest absolute Gasteiger partial charge is 0.216 e. The largest absolute Gasteiger partial charge is 0.486 e. The molecule has 1 spiro atoms. The maximum atomic E-state index is 10.3. The first kappa shape index (κ1) is 28.7. The summed E-state index contributed by atoms with van der Waals surface area (Å²) in [6.07, 6.45) is 8.78. The van der Waals surface area contributed by atoms with E-state index in [4.69, 9.17) is 21.7 Å². The van der Waals surface area contributed by atoms with E-state index in [-0.39, 0.29) is 69.7 Å². The van der Waals surface area contributed by atoms with E-state index in [2.05, 4.69) is 83.6 Å². The summed E-state index contributed by atoms with van der Waals surface area (Å²) in [6.45, 7) is 12.3. The first-order valence-electron chi connectivity index (χ1n) is 23.6. The zero-order valence-corrected chi connectivity index (χ0v) is 35.0. The fourth-order valence-electron chi connectivity index (χ4n) is 11.2. The number of furan rings is 1. The molecule has 0 amide bonds. The topological polar surface area (TPSA) is 51.8 Å². The van der Waals surface area contributed by atoms with E-state index >= 15 is 0 Å². The van der Waals surface area contributed by atoms with Gasteiger partial charge >= 0.3 is 0 Å². The number of pyridine rings is 3. The molecule has 8 rings (SSSR count). The Hall–Kier alpha value is -3.66. The van der Waals surface area contributed by atoms with Crippen LogP contribution in [0.5, 0.6) is 0 Å². The van der Waals surface area contributed by atoms with Gasteiger partial charge in [0.1, 0.15) is 0 Å². The predicted octanol–water partition coefficient (Wildman–Crippen LogP) is 13.5. The Balaban J connectivity index is 0.000000272. The van der Waals surface area contributed by atoms with E-state index in [0.29, 0.717) is 28.1 Å². The van der Waals surface area contributed by atoms with Gasteiger partial charge in [-0.3, -0.25) is 0 Å². The molecule has 4 heterocycles. The molecular formula is C49H57IrN3O-2. The number of rotatable bonds is 3. The van der Waals surface area contributed by atoms with Crippen molar-refractivity contribution in [3.8, 4) is 22.5 Å². The number of aromatic nitrogens is 3. The third kappa shape index (κ3) is 8.14. The Morgan fingerprint density at radius 3 is 2.07 bits per heavy atom. The molecule has 285 valence electrons. The van der Waals surface area contributed by atoms with Crippen molar-refractivity contribution >= 4 is 22.1 Å². The second-order valence-corrected chi connectivity index (χ2v) is 18.5. The quantitative estimate of drug-likeness (QED) is 0.166. The Bertz CT molecular complexity index is 2550. The van der Waals surface area contributed by atoms with Crippen LogP contribution in [0, 0.1) is 59.8 Å². The summed E-state index contributed by atoms with van der Waals surface area (Å²) in [5.74, 6) is -0.855. The molecule has 4 aromatic heterocycles. The summed E-state index contributed by atoms with van der Waals surface area (Å²) in [5, 5.41) is 1.59. The van der Waals surface area contributed by atoms with E-state index in [1.807, 2.05) is 24.4 Å². The van der Waals surface area contributed by atoms with Crippen molar-refractivity contribution in [2.45, 2.75) is 114 Å². The van der Waals surface area contributed by atoms with Crippen molar-refractivity contribution in [1.82, 2.24) is 15.0 Å². The van der Waals surface area contributed by atoms with Gasteiger partial charge in [-0.25, -0.2) is 4.98 Å². The summed E-state index contributed by atoms with van der Waals surface area (Å²) >= 11 is 0. The summed E-state index contributed by atoms with van der Waals surface area (Å²) in [6, 6.07) is 24.9. The van der Waals surface area contributed by atoms with Crippen molar-refractivity contribution in [1.29, 1.82) is 0 Å². The molecule has 4 nitrogen and oxygen atoms in total. The van der Waals surface area contributed by atoms with Crippen LogP contribution in [0.1, 0.15) is 129 Å². The van der Waals surface area contributed by atoms with Gasteiger partial charge in [-0.05, 0) is 119 Å². The number of hydrogen-bond acceptors (Lipinski definition) is 4. The zero-order chi connectivity index (χ0) is 46.4. The van der Waals surface area contributed by atoms with Crippen molar-refractivity contribution in [2.24, 2.45) is 27.1 Å². The van der Waals surface area contributed by atoms with Crippen LogP contribution in [0.3, 0.4) is 0 Å². The van der Waals surface area contributed by atoms with Crippen molar-refractivity contribution in [3.05, 3.63) is 114 Å². The van der Waals surface area contributed by atoms with E-state index in [0.717, 1.165) is 29.2 Å². The van der Waals surface area contributed by atoms with Crippen LogP contribution in [0.2, 0.25) is 0 Å². The summed E-state index contributed by atoms with van der Waals surface area (Å²) in [7, 11) is 0. The fraction of sp³-hybridized carbons (Fsp3) is 0.449. The molecule has 0 saturated heterocycles. The maximum absolute atomic E-state index is 10.3. The van der Waals surface area contributed by atoms with Crippen molar-refractivity contribution in [2.75, 3.05) is 0 Å². The molecule has 0 bridgehead atoms. The molecule has 0 unspecified atom stereocenters.